The highest BCUT2D eigenvalue weighted by molar-refractivity contribution is 6.31. The molecule has 0 aliphatic carbocycles. The van der Waals surface area contributed by atoms with Crippen LogP contribution in [-0.4, -0.2) is 18.4 Å². The van der Waals surface area contributed by atoms with Gasteiger partial charge in [-0.3, -0.25) is 9.59 Å². The number of carbonyl (C=O) groups excluding carboxylic acids is 2. The first-order chi connectivity index (χ1) is 12.0. The molecule has 0 radical (unpaired) electrons. The number of hydrogen-bond donors (Lipinski definition) is 1. The summed E-state index contributed by atoms with van der Waals surface area (Å²) in [5.41, 5.74) is 2.66. The third-order valence-corrected chi connectivity index (χ3v) is 5.12. The van der Waals surface area contributed by atoms with Crippen LogP contribution in [0.25, 0.3) is 0 Å². The van der Waals surface area contributed by atoms with Gasteiger partial charge in [-0.1, -0.05) is 48.0 Å². The third kappa shape index (κ3) is 3.54. The minimum atomic E-state index is -0.649. The highest BCUT2D eigenvalue weighted by atomic mass is 35.5. The first-order valence-electron chi connectivity index (χ1n) is 8.41. The lowest BCUT2D eigenvalue weighted by Gasteiger charge is -2.20. The van der Waals surface area contributed by atoms with Gasteiger partial charge in [0, 0.05) is 17.3 Å². The molecule has 5 heteroatoms. The lowest BCUT2D eigenvalue weighted by molar-refractivity contribution is -0.132. The van der Waals surface area contributed by atoms with E-state index in [1.54, 1.807) is 11.0 Å². The van der Waals surface area contributed by atoms with E-state index in [9.17, 15) is 9.59 Å². The average molecular weight is 357 g/mol. The van der Waals surface area contributed by atoms with Gasteiger partial charge in [0.1, 0.15) is 5.92 Å². The van der Waals surface area contributed by atoms with E-state index in [4.69, 9.17) is 11.6 Å². The quantitative estimate of drug-likeness (QED) is 0.845. The number of anilines is 1. The van der Waals surface area contributed by atoms with E-state index in [1.165, 1.54) is 0 Å². The maximum absolute atomic E-state index is 12.8. The Hall–Kier alpha value is -2.33. The molecule has 2 atom stereocenters. The second kappa shape index (κ2) is 7.28. The summed E-state index contributed by atoms with van der Waals surface area (Å²) in [5, 5.41) is 3.58. The summed E-state index contributed by atoms with van der Waals surface area (Å²) in [6.07, 6.45) is 0.512. The molecule has 1 aliphatic rings. The Labute approximate surface area is 152 Å². The van der Waals surface area contributed by atoms with Gasteiger partial charge in [-0.2, -0.15) is 0 Å². The Morgan fingerprint density at radius 1 is 1.20 bits per heavy atom. The fourth-order valence-electron chi connectivity index (χ4n) is 3.19. The fraction of sp³-hybridized carbons (Fsp3) is 0.300. The number of nitrogens with zero attached hydrogens (tertiary/aromatic N) is 1. The molecule has 4 nitrogen and oxygen atoms in total. The number of amides is 2. The van der Waals surface area contributed by atoms with Crippen molar-refractivity contribution < 1.29 is 9.59 Å². The van der Waals surface area contributed by atoms with Gasteiger partial charge >= 0.3 is 0 Å². The summed E-state index contributed by atoms with van der Waals surface area (Å²) in [5.74, 6) is -1.03. The van der Waals surface area contributed by atoms with E-state index >= 15 is 0 Å². The molecule has 2 amide bonds. The molecule has 2 aromatic carbocycles. The van der Waals surface area contributed by atoms with E-state index in [2.05, 4.69) is 5.32 Å². The van der Waals surface area contributed by atoms with E-state index in [-0.39, 0.29) is 17.9 Å². The molecule has 25 heavy (non-hydrogen) atoms. The summed E-state index contributed by atoms with van der Waals surface area (Å²) < 4.78 is 0. The molecule has 1 fully saturated rings. The standard InChI is InChI=1S/C20H21ClN2O2/c1-13-17(21)9-6-10-18(13)23-12-11-16(20(23)25)19(24)22-14(2)15-7-4-3-5-8-15/h3-10,14,16H,11-12H2,1-2H3,(H,22,24)/t14-,16-/m0/s1. The zero-order valence-electron chi connectivity index (χ0n) is 14.3. The van der Waals surface area contributed by atoms with E-state index in [1.807, 2.05) is 56.3 Å². The lowest BCUT2D eigenvalue weighted by atomic mass is 10.0. The van der Waals surface area contributed by atoms with Crippen LogP contribution >= 0.6 is 11.6 Å². The Morgan fingerprint density at radius 2 is 1.92 bits per heavy atom. The molecule has 1 saturated heterocycles. The van der Waals surface area contributed by atoms with Gasteiger partial charge in [0.25, 0.3) is 0 Å². The van der Waals surface area contributed by atoms with E-state index < -0.39 is 5.92 Å². The van der Waals surface area contributed by atoms with Gasteiger partial charge in [0.15, 0.2) is 0 Å². The van der Waals surface area contributed by atoms with E-state index in [0.29, 0.717) is 18.0 Å². The van der Waals surface area contributed by atoms with Crippen molar-refractivity contribution >= 4 is 29.1 Å². The molecular formula is C20H21ClN2O2. The van der Waals surface area contributed by atoms with Crippen molar-refractivity contribution in [1.82, 2.24) is 5.32 Å². The summed E-state index contributed by atoms with van der Waals surface area (Å²) in [7, 11) is 0. The third-order valence-electron chi connectivity index (χ3n) is 4.71. The highest BCUT2D eigenvalue weighted by Crippen LogP contribution is 2.31. The second-order valence-corrected chi connectivity index (χ2v) is 6.76. The van der Waals surface area contributed by atoms with E-state index in [0.717, 1.165) is 16.8 Å². The maximum atomic E-state index is 12.8. The molecule has 0 aromatic heterocycles. The van der Waals surface area contributed by atoms with Crippen LogP contribution in [0.1, 0.15) is 30.5 Å². The van der Waals surface area contributed by atoms with Gasteiger partial charge < -0.3 is 10.2 Å². The summed E-state index contributed by atoms with van der Waals surface area (Å²) in [6.45, 7) is 4.33. The normalized spacial score (nSPS) is 18.3. The maximum Gasteiger partial charge on any atom is 0.239 e. The first kappa shape index (κ1) is 17.5. The predicted octanol–water partition coefficient (Wildman–Crippen LogP) is 3.88. The van der Waals surface area contributed by atoms with Crippen LogP contribution in [0, 0.1) is 12.8 Å². The lowest BCUT2D eigenvalue weighted by Crippen LogP contribution is -2.38. The van der Waals surface area contributed by atoms with Gasteiger partial charge in [-0.25, -0.2) is 0 Å². The summed E-state index contributed by atoms with van der Waals surface area (Å²) >= 11 is 6.16. The Balaban J connectivity index is 1.71. The first-order valence-corrected chi connectivity index (χ1v) is 8.78. The van der Waals surface area contributed by atoms with Crippen LogP contribution in [-0.2, 0) is 9.59 Å². The zero-order chi connectivity index (χ0) is 18.0. The molecule has 0 saturated carbocycles. The number of benzene rings is 2. The number of hydrogen-bond acceptors (Lipinski definition) is 2. The molecular weight excluding hydrogens is 336 g/mol. The highest BCUT2D eigenvalue weighted by Gasteiger charge is 2.38. The van der Waals surface area contributed by atoms with Crippen LogP contribution in [0.3, 0.4) is 0 Å². The molecule has 0 spiro atoms. The van der Waals surface area contributed by atoms with Crippen LogP contribution < -0.4 is 10.2 Å². The Kier molecular flexibility index (Phi) is 5.09. The van der Waals surface area contributed by atoms with Crippen molar-refractivity contribution in [1.29, 1.82) is 0 Å². The smallest absolute Gasteiger partial charge is 0.239 e. The minimum Gasteiger partial charge on any atom is -0.349 e. The molecule has 2 aromatic rings. The monoisotopic (exact) mass is 356 g/mol. The predicted molar refractivity (Wildman–Crippen MR) is 99.6 cm³/mol. The largest absolute Gasteiger partial charge is 0.349 e. The molecule has 1 N–H and O–H groups in total. The summed E-state index contributed by atoms with van der Waals surface area (Å²) in [4.78, 5) is 27.0. The number of halogens is 1. The second-order valence-electron chi connectivity index (χ2n) is 6.36. The average Bonchev–Trinajstić information content (AvgIpc) is 2.99. The SMILES string of the molecule is Cc1c(Cl)cccc1N1CC[C@@H](C(=O)N[C@@H](C)c2ccccc2)C1=O. The molecule has 0 unspecified atom stereocenters. The number of carbonyl (C=O) groups is 2. The molecule has 3 rings (SSSR count). The number of nitrogens with one attached hydrogen (secondary N) is 1. The van der Waals surface area contributed by atoms with Gasteiger partial charge in [-0.15, -0.1) is 0 Å². The van der Waals surface area contributed by atoms with Crippen molar-refractivity contribution in [2.45, 2.75) is 26.3 Å². The zero-order valence-corrected chi connectivity index (χ0v) is 15.1. The minimum absolute atomic E-state index is 0.136. The van der Waals surface area contributed by atoms with Crippen molar-refractivity contribution in [3.63, 3.8) is 0 Å². The fourth-order valence-corrected chi connectivity index (χ4v) is 3.36. The van der Waals surface area contributed by atoms with Crippen LogP contribution in [0.5, 0.6) is 0 Å². The Bertz CT molecular complexity index is 792. The molecule has 1 aliphatic heterocycles. The van der Waals surface area contributed by atoms with Crippen molar-refractivity contribution in [3.8, 4) is 0 Å². The topological polar surface area (TPSA) is 49.4 Å². The van der Waals surface area contributed by atoms with Crippen molar-refractivity contribution in [2.75, 3.05) is 11.4 Å². The molecule has 1 heterocycles. The van der Waals surface area contributed by atoms with Gasteiger partial charge in [0.2, 0.25) is 11.8 Å². The van der Waals surface area contributed by atoms with Gasteiger partial charge in [-0.05, 0) is 43.5 Å². The Morgan fingerprint density at radius 3 is 2.64 bits per heavy atom. The van der Waals surface area contributed by atoms with Crippen molar-refractivity contribution in [2.24, 2.45) is 5.92 Å². The van der Waals surface area contributed by atoms with Gasteiger partial charge in [0.05, 0.1) is 6.04 Å². The molecule has 0 bridgehead atoms. The molecule has 130 valence electrons. The summed E-state index contributed by atoms with van der Waals surface area (Å²) in [6, 6.07) is 15.1. The van der Waals surface area contributed by atoms with Crippen LogP contribution in [0.15, 0.2) is 48.5 Å². The van der Waals surface area contributed by atoms with Crippen LogP contribution in [0.2, 0.25) is 5.02 Å². The number of rotatable bonds is 4. The van der Waals surface area contributed by atoms with Crippen LogP contribution in [0.4, 0.5) is 5.69 Å². The van der Waals surface area contributed by atoms with Crippen molar-refractivity contribution in [3.05, 3.63) is 64.7 Å².